The Bertz CT molecular complexity index is 735. The molecule has 2 aromatic rings. The normalized spacial score (nSPS) is 10.9. The predicted molar refractivity (Wildman–Crippen MR) is 74.9 cm³/mol. The molecule has 0 amide bonds. The third-order valence-corrected chi connectivity index (χ3v) is 2.85. The van der Waals surface area contributed by atoms with E-state index in [1.54, 1.807) is 13.8 Å². The molecule has 0 radical (unpaired) electrons. The lowest BCUT2D eigenvalue weighted by molar-refractivity contribution is 0.471. The fourth-order valence-corrected chi connectivity index (χ4v) is 1.84. The fraction of sp³-hybridized carbons (Fsp3) is 0.308. The first-order chi connectivity index (χ1) is 9.88. The summed E-state index contributed by atoms with van der Waals surface area (Å²) in [6.45, 7) is 3.34. The second-order valence-electron chi connectivity index (χ2n) is 4.77. The van der Waals surface area contributed by atoms with Crippen LogP contribution >= 0.6 is 0 Å². The summed E-state index contributed by atoms with van der Waals surface area (Å²) < 4.78 is 14.5. The van der Waals surface area contributed by atoms with Gasteiger partial charge in [0.15, 0.2) is 0 Å². The largest absolute Gasteiger partial charge is 0.508 e. The van der Waals surface area contributed by atoms with Crippen molar-refractivity contribution in [3.05, 3.63) is 50.5 Å². The SMILES string of the molecule is CC(C)n1c(=O)nc(NCc2cc(O)ccc2F)[nH]c1=O. The molecule has 0 aliphatic carbocycles. The molecule has 0 bridgehead atoms. The van der Waals surface area contributed by atoms with E-state index >= 15 is 0 Å². The lowest BCUT2D eigenvalue weighted by Gasteiger charge is -2.10. The molecular formula is C13H15FN4O3. The van der Waals surface area contributed by atoms with Crippen LogP contribution in [-0.2, 0) is 6.54 Å². The molecule has 1 heterocycles. The van der Waals surface area contributed by atoms with Crippen molar-refractivity contribution in [3.8, 4) is 5.75 Å². The molecule has 0 fully saturated rings. The Hall–Kier alpha value is -2.64. The van der Waals surface area contributed by atoms with E-state index in [0.717, 1.165) is 10.6 Å². The summed E-state index contributed by atoms with van der Waals surface area (Å²) in [5.74, 6) is -0.646. The van der Waals surface area contributed by atoms with E-state index in [0.29, 0.717) is 0 Å². The van der Waals surface area contributed by atoms with Crippen molar-refractivity contribution in [1.82, 2.24) is 14.5 Å². The fourth-order valence-electron chi connectivity index (χ4n) is 1.84. The lowest BCUT2D eigenvalue weighted by Crippen LogP contribution is -2.38. The second-order valence-corrected chi connectivity index (χ2v) is 4.77. The van der Waals surface area contributed by atoms with E-state index in [4.69, 9.17) is 0 Å². The van der Waals surface area contributed by atoms with Crippen LogP contribution in [0, 0.1) is 5.82 Å². The maximum atomic E-state index is 13.5. The van der Waals surface area contributed by atoms with Gasteiger partial charge in [0.05, 0.1) is 0 Å². The molecule has 2 rings (SSSR count). The molecule has 21 heavy (non-hydrogen) atoms. The van der Waals surface area contributed by atoms with Gasteiger partial charge < -0.3 is 10.4 Å². The van der Waals surface area contributed by atoms with Crippen molar-refractivity contribution >= 4 is 5.95 Å². The molecule has 0 saturated carbocycles. The Kier molecular flexibility index (Phi) is 4.06. The van der Waals surface area contributed by atoms with Crippen LogP contribution in [0.25, 0.3) is 0 Å². The number of nitrogens with zero attached hydrogens (tertiary/aromatic N) is 2. The standard InChI is InChI=1S/C13H15FN4O3/c1-7(2)18-12(20)16-11(17-13(18)21)15-6-8-5-9(19)3-4-10(8)14/h3-5,7,19H,6H2,1-2H3,(H2,15,16,17,20,21). The Morgan fingerprint density at radius 3 is 2.76 bits per heavy atom. The Morgan fingerprint density at radius 2 is 2.14 bits per heavy atom. The molecule has 0 saturated heterocycles. The Balaban J connectivity index is 2.23. The second kappa shape index (κ2) is 5.78. The van der Waals surface area contributed by atoms with Crippen LogP contribution in [0.3, 0.4) is 0 Å². The first-order valence-corrected chi connectivity index (χ1v) is 6.32. The van der Waals surface area contributed by atoms with Crippen molar-refractivity contribution in [2.24, 2.45) is 0 Å². The van der Waals surface area contributed by atoms with Crippen molar-refractivity contribution in [1.29, 1.82) is 0 Å². The number of aromatic nitrogens is 3. The highest BCUT2D eigenvalue weighted by Gasteiger charge is 2.09. The van der Waals surface area contributed by atoms with Gasteiger partial charge in [-0.1, -0.05) is 0 Å². The van der Waals surface area contributed by atoms with E-state index in [1.165, 1.54) is 12.1 Å². The first kappa shape index (κ1) is 14.8. The number of hydrogen-bond acceptors (Lipinski definition) is 5. The molecule has 8 heteroatoms. The average molecular weight is 294 g/mol. The highest BCUT2D eigenvalue weighted by molar-refractivity contribution is 5.32. The summed E-state index contributed by atoms with van der Waals surface area (Å²) in [5, 5.41) is 11.9. The molecule has 0 spiro atoms. The molecule has 7 nitrogen and oxygen atoms in total. The molecule has 0 aliphatic heterocycles. The number of phenols is 1. The molecule has 0 atom stereocenters. The van der Waals surface area contributed by atoms with Gasteiger partial charge in [-0.3, -0.25) is 4.98 Å². The maximum absolute atomic E-state index is 13.5. The average Bonchev–Trinajstić information content (AvgIpc) is 2.38. The highest BCUT2D eigenvalue weighted by atomic mass is 19.1. The van der Waals surface area contributed by atoms with Crippen LogP contribution in [0.2, 0.25) is 0 Å². The van der Waals surface area contributed by atoms with Crippen LogP contribution in [0.15, 0.2) is 27.8 Å². The van der Waals surface area contributed by atoms with Crippen LogP contribution in [0.4, 0.5) is 10.3 Å². The van der Waals surface area contributed by atoms with E-state index in [1.807, 2.05) is 0 Å². The van der Waals surface area contributed by atoms with Gasteiger partial charge in [-0.05, 0) is 32.0 Å². The zero-order valence-electron chi connectivity index (χ0n) is 11.6. The van der Waals surface area contributed by atoms with Gasteiger partial charge in [-0.2, -0.15) is 4.98 Å². The number of anilines is 1. The number of aromatic amines is 1. The minimum Gasteiger partial charge on any atom is -0.508 e. The van der Waals surface area contributed by atoms with Gasteiger partial charge in [0.2, 0.25) is 5.95 Å². The third kappa shape index (κ3) is 3.28. The quantitative estimate of drug-likeness (QED) is 0.780. The van der Waals surface area contributed by atoms with E-state index in [-0.39, 0.29) is 29.8 Å². The monoisotopic (exact) mass is 294 g/mol. The van der Waals surface area contributed by atoms with Gasteiger partial charge >= 0.3 is 11.4 Å². The highest BCUT2D eigenvalue weighted by Crippen LogP contribution is 2.15. The topological polar surface area (TPSA) is 100 Å². The number of halogens is 1. The summed E-state index contributed by atoms with van der Waals surface area (Å²) in [4.78, 5) is 29.5. The molecule has 1 aromatic carbocycles. The van der Waals surface area contributed by atoms with Crippen molar-refractivity contribution in [2.75, 3.05) is 5.32 Å². The first-order valence-electron chi connectivity index (χ1n) is 6.32. The van der Waals surface area contributed by atoms with E-state index in [9.17, 15) is 19.1 Å². The number of hydrogen-bond donors (Lipinski definition) is 3. The van der Waals surface area contributed by atoms with Crippen LogP contribution in [-0.4, -0.2) is 19.6 Å². The minimum absolute atomic E-state index is 0.0334. The van der Waals surface area contributed by atoms with Gasteiger partial charge in [-0.25, -0.2) is 18.5 Å². The predicted octanol–water partition coefficient (Wildman–Crippen LogP) is 0.969. The van der Waals surface area contributed by atoms with Crippen LogP contribution < -0.4 is 16.7 Å². The zero-order chi connectivity index (χ0) is 15.6. The van der Waals surface area contributed by atoms with Gasteiger partial charge in [0.25, 0.3) is 0 Å². The summed E-state index contributed by atoms with van der Waals surface area (Å²) in [7, 11) is 0. The third-order valence-electron chi connectivity index (χ3n) is 2.85. The van der Waals surface area contributed by atoms with E-state index < -0.39 is 17.2 Å². The molecule has 0 aliphatic rings. The Labute approximate surface area is 119 Å². The van der Waals surface area contributed by atoms with Gasteiger partial charge in [0, 0.05) is 18.2 Å². The van der Waals surface area contributed by atoms with Crippen LogP contribution in [0.1, 0.15) is 25.5 Å². The number of nitrogens with one attached hydrogen (secondary N) is 2. The van der Waals surface area contributed by atoms with Crippen molar-refractivity contribution < 1.29 is 9.50 Å². The van der Waals surface area contributed by atoms with Crippen molar-refractivity contribution in [3.63, 3.8) is 0 Å². The summed E-state index contributed by atoms with van der Waals surface area (Å²) in [6.07, 6.45) is 0. The summed E-state index contributed by atoms with van der Waals surface area (Å²) >= 11 is 0. The number of phenolic OH excluding ortho intramolecular Hbond substituents is 1. The smallest absolute Gasteiger partial charge is 0.355 e. The van der Waals surface area contributed by atoms with Gasteiger partial charge in [0.1, 0.15) is 11.6 Å². The lowest BCUT2D eigenvalue weighted by atomic mass is 10.2. The van der Waals surface area contributed by atoms with Crippen LogP contribution in [0.5, 0.6) is 5.75 Å². The molecule has 1 aromatic heterocycles. The maximum Gasteiger partial charge on any atom is 0.355 e. The number of rotatable bonds is 4. The molecule has 0 unspecified atom stereocenters. The zero-order valence-corrected chi connectivity index (χ0v) is 11.6. The summed E-state index contributed by atoms with van der Waals surface area (Å²) in [5.41, 5.74) is -1.10. The number of benzene rings is 1. The minimum atomic E-state index is -0.687. The number of aromatic hydroxyl groups is 1. The molecule has 112 valence electrons. The van der Waals surface area contributed by atoms with Gasteiger partial charge in [-0.15, -0.1) is 0 Å². The molecular weight excluding hydrogens is 279 g/mol. The molecule has 3 N–H and O–H groups in total. The number of H-pyrrole nitrogens is 1. The van der Waals surface area contributed by atoms with E-state index in [2.05, 4.69) is 15.3 Å². The van der Waals surface area contributed by atoms with Crippen molar-refractivity contribution in [2.45, 2.75) is 26.4 Å². The Morgan fingerprint density at radius 1 is 1.43 bits per heavy atom. The summed E-state index contributed by atoms with van der Waals surface area (Å²) in [6, 6.07) is 3.28.